The fraction of sp³-hybridized carbons (Fsp3) is 0.167. The van der Waals surface area contributed by atoms with E-state index >= 15 is 0 Å². The molecule has 1 N–H and O–H groups in total. The van der Waals surface area contributed by atoms with Gasteiger partial charge in [0.1, 0.15) is 0 Å². The van der Waals surface area contributed by atoms with E-state index in [-0.39, 0.29) is 5.91 Å². The Morgan fingerprint density at radius 3 is 2.53 bits per heavy atom. The van der Waals surface area contributed by atoms with Crippen LogP contribution in [-0.4, -0.2) is 16.8 Å². The van der Waals surface area contributed by atoms with Crippen molar-refractivity contribution in [2.75, 3.05) is 5.01 Å². The topological polar surface area (TPSA) is 52.7 Å². The Morgan fingerprint density at radius 1 is 1.24 bits per heavy atom. The largest absolute Gasteiger partial charge is 0.347 e. The molecule has 0 unspecified atom stereocenters. The molecule has 1 aliphatic heterocycles. The van der Waals surface area contributed by atoms with Crippen molar-refractivity contribution in [3.63, 3.8) is 0 Å². The first-order valence-corrected chi connectivity index (χ1v) is 5.37. The van der Waals surface area contributed by atoms with Gasteiger partial charge < -0.3 is 0 Å². The number of carbonyl (C=O) groups is 2. The fourth-order valence-electron chi connectivity index (χ4n) is 1.50. The Labute approximate surface area is 99.3 Å². The Balaban J connectivity index is 2.17. The SMILES string of the molecule is CCC(=O)N1C=CN(c2ccccc2)NC1=O. The molecule has 0 atom stereocenters. The van der Waals surface area contributed by atoms with E-state index in [2.05, 4.69) is 5.43 Å². The zero-order chi connectivity index (χ0) is 12.3. The van der Waals surface area contributed by atoms with Gasteiger partial charge in [0.15, 0.2) is 0 Å². The highest BCUT2D eigenvalue weighted by Crippen LogP contribution is 2.14. The summed E-state index contributed by atoms with van der Waals surface area (Å²) in [7, 11) is 0. The van der Waals surface area contributed by atoms with Crippen molar-refractivity contribution in [1.29, 1.82) is 0 Å². The van der Waals surface area contributed by atoms with Gasteiger partial charge in [0.25, 0.3) is 0 Å². The summed E-state index contributed by atoms with van der Waals surface area (Å²) in [5, 5.41) is 1.57. The van der Waals surface area contributed by atoms with E-state index in [0.717, 1.165) is 10.6 Å². The first-order chi connectivity index (χ1) is 8.22. The summed E-state index contributed by atoms with van der Waals surface area (Å²) in [6.07, 6.45) is 3.41. The van der Waals surface area contributed by atoms with Gasteiger partial charge in [0, 0.05) is 18.8 Å². The van der Waals surface area contributed by atoms with Crippen LogP contribution in [0.25, 0.3) is 0 Å². The number of nitrogens with one attached hydrogen (secondary N) is 1. The van der Waals surface area contributed by atoms with Gasteiger partial charge >= 0.3 is 6.03 Å². The number of rotatable bonds is 2. The van der Waals surface area contributed by atoms with Gasteiger partial charge in [0.05, 0.1) is 5.69 Å². The summed E-state index contributed by atoms with van der Waals surface area (Å²) < 4.78 is 0. The molecule has 1 heterocycles. The number of carbonyl (C=O) groups excluding carboxylic acids is 2. The van der Waals surface area contributed by atoms with Gasteiger partial charge in [-0.25, -0.2) is 15.1 Å². The Bertz CT molecular complexity index is 456. The number of hydrogen-bond donors (Lipinski definition) is 1. The van der Waals surface area contributed by atoms with Crippen molar-refractivity contribution in [3.8, 4) is 0 Å². The number of hydrazine groups is 1. The molecule has 17 heavy (non-hydrogen) atoms. The minimum atomic E-state index is -0.441. The number of para-hydroxylation sites is 1. The molecule has 0 aliphatic carbocycles. The van der Waals surface area contributed by atoms with E-state index in [1.165, 1.54) is 6.20 Å². The standard InChI is InChI=1S/C12H13N3O2/c1-2-11(16)14-8-9-15(13-12(14)17)10-6-4-3-5-7-10/h3-9H,2H2,1H3,(H,13,17). The zero-order valence-electron chi connectivity index (χ0n) is 9.46. The van der Waals surface area contributed by atoms with Crippen molar-refractivity contribution < 1.29 is 9.59 Å². The quantitative estimate of drug-likeness (QED) is 0.845. The molecule has 2 rings (SSSR count). The van der Waals surface area contributed by atoms with E-state index in [0.29, 0.717) is 6.42 Å². The molecular weight excluding hydrogens is 218 g/mol. The van der Waals surface area contributed by atoms with Crippen LogP contribution in [0.1, 0.15) is 13.3 Å². The second-order valence-corrected chi connectivity index (χ2v) is 3.54. The van der Waals surface area contributed by atoms with E-state index in [1.54, 1.807) is 18.1 Å². The Morgan fingerprint density at radius 2 is 1.94 bits per heavy atom. The van der Waals surface area contributed by atoms with Crippen LogP contribution in [-0.2, 0) is 4.79 Å². The molecule has 0 spiro atoms. The third-order valence-electron chi connectivity index (χ3n) is 2.41. The second-order valence-electron chi connectivity index (χ2n) is 3.54. The number of imide groups is 1. The normalized spacial score (nSPS) is 14.8. The predicted molar refractivity (Wildman–Crippen MR) is 63.7 cm³/mol. The van der Waals surface area contributed by atoms with Gasteiger partial charge in [-0.3, -0.25) is 9.80 Å². The van der Waals surface area contributed by atoms with Crippen LogP contribution in [0.3, 0.4) is 0 Å². The van der Waals surface area contributed by atoms with Gasteiger partial charge in [0.2, 0.25) is 5.91 Å². The highest BCUT2D eigenvalue weighted by Gasteiger charge is 2.23. The number of benzene rings is 1. The Hall–Kier alpha value is -2.30. The van der Waals surface area contributed by atoms with Crippen molar-refractivity contribution in [2.24, 2.45) is 0 Å². The molecule has 5 heteroatoms. The molecule has 0 saturated heterocycles. The highest BCUT2D eigenvalue weighted by atomic mass is 16.2. The molecule has 0 radical (unpaired) electrons. The minimum Gasteiger partial charge on any atom is -0.274 e. The molecule has 1 aromatic rings. The molecule has 5 nitrogen and oxygen atoms in total. The maximum absolute atomic E-state index is 11.7. The summed E-state index contributed by atoms with van der Waals surface area (Å²) in [5.41, 5.74) is 3.44. The summed E-state index contributed by atoms with van der Waals surface area (Å²) >= 11 is 0. The number of amides is 3. The third kappa shape index (κ3) is 2.28. The van der Waals surface area contributed by atoms with Crippen LogP contribution in [0.4, 0.5) is 10.5 Å². The van der Waals surface area contributed by atoms with Crippen molar-refractivity contribution >= 4 is 17.6 Å². The summed E-state index contributed by atoms with van der Waals surface area (Å²) in [4.78, 5) is 24.2. The number of urea groups is 1. The maximum atomic E-state index is 11.7. The first-order valence-electron chi connectivity index (χ1n) is 5.37. The number of hydrogen-bond acceptors (Lipinski definition) is 3. The molecule has 1 aliphatic rings. The molecule has 0 fully saturated rings. The lowest BCUT2D eigenvalue weighted by Crippen LogP contribution is -2.50. The van der Waals surface area contributed by atoms with Gasteiger partial charge in [-0.05, 0) is 12.1 Å². The van der Waals surface area contributed by atoms with E-state index < -0.39 is 6.03 Å². The van der Waals surface area contributed by atoms with Gasteiger partial charge in [-0.1, -0.05) is 25.1 Å². The molecule has 3 amide bonds. The molecular formula is C12H13N3O2. The average Bonchev–Trinajstić information content (AvgIpc) is 2.39. The van der Waals surface area contributed by atoms with E-state index in [4.69, 9.17) is 0 Å². The lowest BCUT2D eigenvalue weighted by Gasteiger charge is -2.29. The molecule has 88 valence electrons. The van der Waals surface area contributed by atoms with Gasteiger partial charge in [-0.2, -0.15) is 0 Å². The highest BCUT2D eigenvalue weighted by molar-refractivity contribution is 5.97. The van der Waals surface area contributed by atoms with E-state index in [9.17, 15) is 9.59 Å². The maximum Gasteiger partial charge on any atom is 0.347 e. The minimum absolute atomic E-state index is 0.230. The summed E-state index contributed by atoms with van der Waals surface area (Å²) in [6.45, 7) is 1.72. The smallest absolute Gasteiger partial charge is 0.274 e. The predicted octanol–water partition coefficient (Wildman–Crippen LogP) is 1.84. The molecule has 0 bridgehead atoms. The van der Waals surface area contributed by atoms with Crippen LogP contribution >= 0.6 is 0 Å². The second kappa shape index (κ2) is 4.69. The van der Waals surface area contributed by atoms with Crippen LogP contribution in [0, 0.1) is 0 Å². The van der Waals surface area contributed by atoms with Crippen LogP contribution in [0.5, 0.6) is 0 Å². The van der Waals surface area contributed by atoms with Crippen molar-refractivity contribution in [1.82, 2.24) is 10.3 Å². The lowest BCUT2D eigenvalue weighted by molar-refractivity contribution is -0.126. The van der Waals surface area contributed by atoms with Crippen molar-refractivity contribution in [2.45, 2.75) is 13.3 Å². The zero-order valence-corrected chi connectivity index (χ0v) is 9.46. The Kier molecular flexibility index (Phi) is 3.09. The summed E-state index contributed by atoms with van der Waals surface area (Å²) in [5.74, 6) is -0.230. The number of nitrogens with zero attached hydrogens (tertiary/aromatic N) is 2. The average molecular weight is 231 g/mol. The summed E-state index contributed by atoms with van der Waals surface area (Å²) in [6, 6.07) is 8.93. The monoisotopic (exact) mass is 231 g/mol. The van der Waals surface area contributed by atoms with Crippen LogP contribution in [0.2, 0.25) is 0 Å². The van der Waals surface area contributed by atoms with Gasteiger partial charge in [-0.15, -0.1) is 0 Å². The number of anilines is 1. The third-order valence-corrected chi connectivity index (χ3v) is 2.41. The fourth-order valence-corrected chi connectivity index (χ4v) is 1.50. The molecule has 1 aromatic carbocycles. The lowest BCUT2D eigenvalue weighted by atomic mass is 10.3. The van der Waals surface area contributed by atoms with Crippen LogP contribution in [0.15, 0.2) is 42.7 Å². The first kappa shape index (κ1) is 11.2. The van der Waals surface area contributed by atoms with E-state index in [1.807, 2.05) is 30.3 Å². The van der Waals surface area contributed by atoms with Crippen molar-refractivity contribution in [3.05, 3.63) is 42.7 Å². The molecule has 0 saturated carbocycles. The molecule has 0 aromatic heterocycles. The van der Waals surface area contributed by atoms with Crippen LogP contribution < -0.4 is 10.4 Å².